The van der Waals surface area contributed by atoms with Gasteiger partial charge in [-0.3, -0.25) is 9.59 Å². The minimum absolute atomic E-state index is 0.00819. The van der Waals surface area contributed by atoms with Crippen molar-refractivity contribution in [2.75, 3.05) is 27.2 Å². The lowest BCUT2D eigenvalue weighted by Crippen LogP contribution is -2.37. The molecule has 3 N–H and O–H groups in total. The number of amides is 2. The molecule has 0 aromatic carbocycles. The van der Waals surface area contributed by atoms with Gasteiger partial charge in [0.15, 0.2) is 0 Å². The molecule has 6 heteroatoms. The molecule has 0 bridgehead atoms. The molecule has 0 aliphatic rings. The highest BCUT2D eigenvalue weighted by Gasteiger charge is 2.15. The number of rotatable bonds is 3. The van der Waals surface area contributed by atoms with E-state index < -0.39 is 0 Å². The fourth-order valence-electron chi connectivity index (χ4n) is 1.31. The summed E-state index contributed by atoms with van der Waals surface area (Å²) < 4.78 is 0. The van der Waals surface area contributed by atoms with Gasteiger partial charge in [-0.1, -0.05) is 11.8 Å². The third-order valence-electron chi connectivity index (χ3n) is 2.32. The number of carbonyl (C=O) groups excluding carboxylic acids is 2. The fraction of sp³-hybridized carbons (Fsp3) is 0.308. The predicted octanol–water partition coefficient (Wildman–Crippen LogP) is -0.790. The summed E-state index contributed by atoms with van der Waals surface area (Å²) in [7, 11) is 3.06. The molecule has 2 amide bonds. The zero-order valence-electron chi connectivity index (χ0n) is 10.9. The van der Waals surface area contributed by atoms with Crippen molar-refractivity contribution in [1.29, 1.82) is 0 Å². The zero-order chi connectivity index (χ0) is 14.3. The van der Waals surface area contributed by atoms with Crippen LogP contribution in [0.5, 0.6) is 0 Å². The first-order valence-corrected chi connectivity index (χ1v) is 5.69. The number of hydrogen-bond donors (Lipinski definition) is 2. The van der Waals surface area contributed by atoms with Crippen LogP contribution in [0, 0.1) is 11.8 Å². The molecule has 1 aromatic rings. The molecule has 0 aliphatic heterocycles. The Labute approximate surface area is 112 Å². The van der Waals surface area contributed by atoms with Crippen LogP contribution in [0.25, 0.3) is 0 Å². The Morgan fingerprint density at radius 3 is 2.74 bits per heavy atom. The van der Waals surface area contributed by atoms with Gasteiger partial charge in [0, 0.05) is 25.9 Å². The van der Waals surface area contributed by atoms with Gasteiger partial charge in [-0.05, 0) is 12.1 Å². The van der Waals surface area contributed by atoms with Gasteiger partial charge in [-0.15, -0.1) is 0 Å². The lowest BCUT2D eigenvalue weighted by atomic mass is 10.2. The van der Waals surface area contributed by atoms with Crippen LogP contribution in [-0.2, 0) is 4.79 Å². The molecule has 0 radical (unpaired) electrons. The average molecular weight is 260 g/mol. The van der Waals surface area contributed by atoms with Gasteiger partial charge in [-0.2, -0.15) is 0 Å². The van der Waals surface area contributed by atoms with E-state index in [4.69, 9.17) is 5.73 Å². The molecule has 0 fully saturated rings. The van der Waals surface area contributed by atoms with E-state index in [-0.39, 0.29) is 30.6 Å². The van der Waals surface area contributed by atoms with Crippen molar-refractivity contribution < 1.29 is 9.59 Å². The van der Waals surface area contributed by atoms with E-state index in [1.54, 1.807) is 19.2 Å². The smallest absolute Gasteiger partial charge is 0.272 e. The third kappa shape index (κ3) is 4.41. The largest absolute Gasteiger partial charge is 0.358 e. The maximum absolute atomic E-state index is 11.9. The highest BCUT2D eigenvalue weighted by Crippen LogP contribution is 2.02. The van der Waals surface area contributed by atoms with Crippen molar-refractivity contribution in [1.82, 2.24) is 15.2 Å². The van der Waals surface area contributed by atoms with E-state index in [0.29, 0.717) is 5.56 Å². The lowest BCUT2D eigenvalue weighted by Gasteiger charge is -2.15. The Morgan fingerprint density at radius 2 is 2.21 bits per heavy atom. The summed E-state index contributed by atoms with van der Waals surface area (Å²) in [5, 5.41) is 2.45. The predicted molar refractivity (Wildman–Crippen MR) is 71.2 cm³/mol. The van der Waals surface area contributed by atoms with E-state index in [0.717, 1.165) is 0 Å². The number of nitrogens with two attached hydrogens (primary N) is 1. The number of aromatic nitrogens is 1. The Balaban J connectivity index is 2.75. The fourth-order valence-corrected chi connectivity index (χ4v) is 1.31. The Hall–Kier alpha value is -2.39. The van der Waals surface area contributed by atoms with Crippen molar-refractivity contribution >= 4 is 11.8 Å². The summed E-state index contributed by atoms with van der Waals surface area (Å²) in [5.74, 6) is 4.96. The van der Waals surface area contributed by atoms with Crippen LogP contribution in [0.3, 0.4) is 0 Å². The lowest BCUT2D eigenvalue weighted by molar-refractivity contribution is -0.121. The van der Waals surface area contributed by atoms with E-state index in [2.05, 4.69) is 22.1 Å². The molecule has 1 rings (SSSR count). The summed E-state index contributed by atoms with van der Waals surface area (Å²) in [6.07, 6.45) is 1.50. The minimum Gasteiger partial charge on any atom is -0.358 e. The van der Waals surface area contributed by atoms with Gasteiger partial charge < -0.3 is 16.0 Å². The summed E-state index contributed by atoms with van der Waals surface area (Å²) in [5.41, 5.74) is 6.22. The topological polar surface area (TPSA) is 88.3 Å². The standard InChI is InChI=1S/C13H16N4O2/c1-15-12(18)9-17(2)13(19)11-6-5-10(8-16-11)4-3-7-14/h5-6,8H,7,9,14H2,1-2H3,(H,15,18). The van der Waals surface area contributed by atoms with E-state index >= 15 is 0 Å². The van der Waals surface area contributed by atoms with Gasteiger partial charge >= 0.3 is 0 Å². The molecule has 0 atom stereocenters. The van der Waals surface area contributed by atoms with Crippen molar-refractivity contribution in [3.8, 4) is 11.8 Å². The average Bonchev–Trinajstić information content (AvgIpc) is 2.44. The third-order valence-corrected chi connectivity index (χ3v) is 2.32. The van der Waals surface area contributed by atoms with Crippen LogP contribution in [-0.4, -0.2) is 48.9 Å². The van der Waals surface area contributed by atoms with Crippen LogP contribution in [0.15, 0.2) is 18.3 Å². The summed E-state index contributed by atoms with van der Waals surface area (Å²) in [6.45, 7) is 0.265. The Kier molecular flexibility index (Phi) is 5.51. The van der Waals surface area contributed by atoms with E-state index in [1.807, 2.05) is 0 Å². The van der Waals surface area contributed by atoms with E-state index in [1.165, 1.54) is 18.1 Å². The quantitative estimate of drug-likeness (QED) is 0.697. The number of nitrogens with one attached hydrogen (secondary N) is 1. The highest BCUT2D eigenvalue weighted by molar-refractivity contribution is 5.94. The molecule has 1 aromatic heterocycles. The molecular weight excluding hydrogens is 244 g/mol. The van der Waals surface area contributed by atoms with Crippen LogP contribution < -0.4 is 11.1 Å². The van der Waals surface area contributed by atoms with Crippen LogP contribution in [0.4, 0.5) is 0 Å². The first-order chi connectivity index (χ1) is 9.08. The molecule has 1 heterocycles. The van der Waals surface area contributed by atoms with Crippen molar-refractivity contribution in [2.24, 2.45) is 5.73 Å². The van der Waals surface area contributed by atoms with Crippen LogP contribution >= 0.6 is 0 Å². The van der Waals surface area contributed by atoms with Crippen LogP contribution in [0.2, 0.25) is 0 Å². The molecule has 0 unspecified atom stereocenters. The van der Waals surface area contributed by atoms with Crippen molar-refractivity contribution in [2.45, 2.75) is 0 Å². The number of pyridine rings is 1. The molecule has 6 nitrogen and oxygen atoms in total. The highest BCUT2D eigenvalue weighted by atomic mass is 16.2. The van der Waals surface area contributed by atoms with Gasteiger partial charge in [0.05, 0.1) is 13.1 Å². The number of likely N-dealkylation sites (N-methyl/N-ethyl adjacent to an activating group) is 2. The second kappa shape index (κ2) is 7.13. The minimum atomic E-state index is -0.318. The molecule has 100 valence electrons. The van der Waals surface area contributed by atoms with Crippen molar-refractivity contribution in [3.05, 3.63) is 29.6 Å². The van der Waals surface area contributed by atoms with Crippen molar-refractivity contribution in [3.63, 3.8) is 0 Å². The first kappa shape index (κ1) is 14.7. The molecular formula is C13H16N4O2. The molecule has 0 saturated heterocycles. The van der Waals surface area contributed by atoms with Gasteiger partial charge in [0.1, 0.15) is 5.69 Å². The van der Waals surface area contributed by atoms with Gasteiger partial charge in [0.2, 0.25) is 5.91 Å². The second-order valence-electron chi connectivity index (χ2n) is 3.77. The molecule has 0 spiro atoms. The zero-order valence-corrected chi connectivity index (χ0v) is 10.9. The normalized spacial score (nSPS) is 9.21. The monoisotopic (exact) mass is 260 g/mol. The number of nitrogens with zero attached hydrogens (tertiary/aromatic N) is 2. The summed E-state index contributed by atoms with van der Waals surface area (Å²) in [6, 6.07) is 3.26. The molecule has 0 aliphatic carbocycles. The molecule has 0 saturated carbocycles. The van der Waals surface area contributed by atoms with Gasteiger partial charge in [-0.25, -0.2) is 4.98 Å². The maximum Gasteiger partial charge on any atom is 0.272 e. The Morgan fingerprint density at radius 1 is 1.47 bits per heavy atom. The SMILES string of the molecule is CNC(=O)CN(C)C(=O)c1ccc(C#CCN)cn1. The molecule has 19 heavy (non-hydrogen) atoms. The summed E-state index contributed by atoms with van der Waals surface area (Å²) >= 11 is 0. The number of hydrogen-bond acceptors (Lipinski definition) is 4. The number of carbonyl (C=O) groups is 2. The van der Waals surface area contributed by atoms with Gasteiger partial charge in [0.25, 0.3) is 5.91 Å². The Bertz CT molecular complexity index is 514. The second-order valence-corrected chi connectivity index (χ2v) is 3.77. The first-order valence-electron chi connectivity index (χ1n) is 5.69. The van der Waals surface area contributed by atoms with Crippen LogP contribution in [0.1, 0.15) is 16.1 Å². The van der Waals surface area contributed by atoms with E-state index in [9.17, 15) is 9.59 Å². The summed E-state index contributed by atoms with van der Waals surface area (Å²) in [4.78, 5) is 28.4. The maximum atomic E-state index is 11.9.